The molecule has 1 aromatic heterocycles. The highest BCUT2D eigenvalue weighted by Gasteiger charge is 2.59. The van der Waals surface area contributed by atoms with E-state index in [0.29, 0.717) is 48.8 Å². The van der Waals surface area contributed by atoms with E-state index in [-0.39, 0.29) is 11.5 Å². The lowest BCUT2D eigenvalue weighted by molar-refractivity contribution is -0.137. The summed E-state index contributed by atoms with van der Waals surface area (Å²) in [4.78, 5) is 7.10. The highest BCUT2D eigenvalue weighted by Crippen LogP contribution is 2.50. The third-order valence-corrected chi connectivity index (χ3v) is 7.44. The molecule has 9 heteroatoms. The van der Waals surface area contributed by atoms with Crippen LogP contribution >= 0.6 is 0 Å². The average Bonchev–Trinajstić information content (AvgIpc) is 3.06. The number of benzene rings is 1. The van der Waals surface area contributed by atoms with Gasteiger partial charge in [-0.1, -0.05) is 6.07 Å². The Labute approximate surface area is 171 Å². The van der Waals surface area contributed by atoms with Crippen LogP contribution in [0.3, 0.4) is 0 Å². The standard InChI is InChI=1S/C21H23F4N5/c22-16-8-12(21(23,24)25)4-5-13(16)14-2-1-7-29-19(14)27-20(28-29)30-17-6-3-11-9-26-10-15(11)18(17)30/h4-5,8,11,14-15,17-18,26H,1-3,6-7,9-10H2/t11?,14?,15-,17-,18+,30?/m1/s1. The van der Waals surface area contributed by atoms with Crippen LogP contribution in [-0.2, 0) is 12.7 Å². The summed E-state index contributed by atoms with van der Waals surface area (Å²) in [7, 11) is 0. The molecule has 3 aliphatic heterocycles. The largest absolute Gasteiger partial charge is 0.416 e. The van der Waals surface area contributed by atoms with Crippen molar-refractivity contribution in [2.45, 2.75) is 56.4 Å². The number of nitrogens with zero attached hydrogens (tertiary/aromatic N) is 4. The topological polar surface area (TPSA) is 45.8 Å². The van der Waals surface area contributed by atoms with E-state index in [9.17, 15) is 17.6 Å². The number of nitrogens with one attached hydrogen (secondary N) is 1. The van der Waals surface area contributed by atoms with E-state index in [1.807, 2.05) is 4.68 Å². The van der Waals surface area contributed by atoms with Crippen LogP contribution < -0.4 is 10.2 Å². The minimum absolute atomic E-state index is 0.270. The van der Waals surface area contributed by atoms with Crippen molar-refractivity contribution >= 4 is 5.95 Å². The number of halogens is 4. The van der Waals surface area contributed by atoms with Crippen LogP contribution in [0.1, 0.15) is 48.6 Å². The Morgan fingerprint density at radius 2 is 1.97 bits per heavy atom. The van der Waals surface area contributed by atoms with E-state index in [0.717, 1.165) is 37.9 Å². The van der Waals surface area contributed by atoms with Gasteiger partial charge >= 0.3 is 6.18 Å². The van der Waals surface area contributed by atoms with Gasteiger partial charge in [0.05, 0.1) is 17.6 Å². The van der Waals surface area contributed by atoms with Gasteiger partial charge < -0.3 is 10.2 Å². The summed E-state index contributed by atoms with van der Waals surface area (Å²) in [6, 6.07) is 3.78. The second-order valence-electron chi connectivity index (χ2n) is 9.05. The molecule has 0 spiro atoms. The second-order valence-corrected chi connectivity index (χ2v) is 9.05. The number of anilines is 1. The summed E-state index contributed by atoms with van der Waals surface area (Å²) in [5.41, 5.74) is -0.694. The Morgan fingerprint density at radius 1 is 1.10 bits per heavy atom. The molecule has 1 N–H and O–H groups in total. The number of rotatable bonds is 2. The molecule has 160 valence electrons. The first-order chi connectivity index (χ1) is 14.4. The van der Waals surface area contributed by atoms with Crippen LogP contribution in [0.15, 0.2) is 18.2 Å². The minimum atomic E-state index is -4.55. The van der Waals surface area contributed by atoms with Crippen molar-refractivity contribution in [3.63, 3.8) is 0 Å². The predicted molar refractivity (Wildman–Crippen MR) is 102 cm³/mol. The van der Waals surface area contributed by atoms with Gasteiger partial charge in [-0.05, 0) is 61.8 Å². The van der Waals surface area contributed by atoms with Crippen LogP contribution in [0.2, 0.25) is 0 Å². The molecular weight excluding hydrogens is 398 g/mol. The Balaban J connectivity index is 1.30. The Kier molecular flexibility index (Phi) is 3.98. The summed E-state index contributed by atoms with van der Waals surface area (Å²) < 4.78 is 55.2. The van der Waals surface area contributed by atoms with Gasteiger partial charge in [0.15, 0.2) is 0 Å². The van der Waals surface area contributed by atoms with Gasteiger partial charge in [-0.3, -0.25) is 0 Å². The quantitative estimate of drug-likeness (QED) is 0.595. The summed E-state index contributed by atoms with van der Waals surface area (Å²) in [5, 5.41) is 8.22. The molecule has 4 aliphatic rings. The van der Waals surface area contributed by atoms with Gasteiger partial charge in [0.2, 0.25) is 5.95 Å². The van der Waals surface area contributed by atoms with E-state index >= 15 is 0 Å². The van der Waals surface area contributed by atoms with Crippen molar-refractivity contribution in [2.24, 2.45) is 11.8 Å². The van der Waals surface area contributed by atoms with Crippen molar-refractivity contribution in [2.75, 3.05) is 18.0 Å². The highest BCUT2D eigenvalue weighted by atomic mass is 19.4. The van der Waals surface area contributed by atoms with E-state index in [4.69, 9.17) is 10.1 Å². The molecule has 30 heavy (non-hydrogen) atoms. The first-order valence-corrected chi connectivity index (χ1v) is 10.7. The third-order valence-electron chi connectivity index (χ3n) is 7.44. The maximum Gasteiger partial charge on any atom is 0.416 e. The summed E-state index contributed by atoms with van der Waals surface area (Å²) in [5.74, 6) is 1.53. The molecule has 6 rings (SSSR count). The van der Waals surface area contributed by atoms with Gasteiger partial charge in [0.25, 0.3) is 0 Å². The number of fused-ring (bicyclic) bond motifs is 4. The van der Waals surface area contributed by atoms with E-state index in [1.54, 1.807) is 0 Å². The zero-order chi connectivity index (χ0) is 20.6. The minimum Gasteiger partial charge on any atom is -0.329 e. The molecule has 0 bridgehead atoms. The number of hydrogen-bond acceptors (Lipinski definition) is 4. The van der Waals surface area contributed by atoms with Crippen molar-refractivity contribution in [3.05, 3.63) is 41.0 Å². The fourth-order valence-electron chi connectivity index (χ4n) is 5.97. The Morgan fingerprint density at radius 3 is 2.77 bits per heavy atom. The van der Waals surface area contributed by atoms with Gasteiger partial charge in [-0.2, -0.15) is 18.2 Å². The fourth-order valence-corrected chi connectivity index (χ4v) is 5.97. The Bertz CT molecular complexity index is 986. The van der Waals surface area contributed by atoms with Crippen LogP contribution in [0.25, 0.3) is 0 Å². The maximum absolute atomic E-state index is 14.7. The molecule has 0 radical (unpaired) electrons. The molecule has 2 aromatic rings. The van der Waals surface area contributed by atoms with Crippen molar-refractivity contribution in [1.29, 1.82) is 0 Å². The lowest BCUT2D eigenvalue weighted by Gasteiger charge is -2.23. The molecule has 0 amide bonds. The molecule has 5 atom stereocenters. The predicted octanol–water partition coefficient (Wildman–Crippen LogP) is 3.55. The SMILES string of the molecule is Fc1cc(C(F)(F)F)ccc1C1CCCn2nc(N3[C@H]4[C@@H]5CNCC5CC[C@H]43)nc21. The van der Waals surface area contributed by atoms with Crippen LogP contribution in [-0.4, -0.2) is 39.9 Å². The van der Waals surface area contributed by atoms with E-state index in [2.05, 4.69) is 10.2 Å². The molecule has 5 nitrogen and oxygen atoms in total. The number of hydrogen-bond donors (Lipinski definition) is 1. The van der Waals surface area contributed by atoms with Crippen LogP contribution in [0, 0.1) is 17.7 Å². The zero-order valence-electron chi connectivity index (χ0n) is 16.4. The summed E-state index contributed by atoms with van der Waals surface area (Å²) in [6.45, 7) is 2.83. The molecule has 1 aromatic carbocycles. The molecule has 1 saturated carbocycles. The molecule has 2 unspecified atom stereocenters. The van der Waals surface area contributed by atoms with Crippen LogP contribution in [0.5, 0.6) is 0 Å². The van der Waals surface area contributed by atoms with Crippen LogP contribution in [0.4, 0.5) is 23.5 Å². The molecule has 1 aliphatic carbocycles. The maximum atomic E-state index is 14.7. The fraction of sp³-hybridized carbons (Fsp3) is 0.619. The number of aryl methyl sites for hydroxylation is 1. The monoisotopic (exact) mass is 421 g/mol. The van der Waals surface area contributed by atoms with Gasteiger partial charge in [0, 0.05) is 19.0 Å². The average molecular weight is 421 g/mol. The molecule has 4 heterocycles. The first-order valence-electron chi connectivity index (χ1n) is 10.7. The lowest BCUT2D eigenvalue weighted by Crippen LogP contribution is -2.25. The van der Waals surface area contributed by atoms with Gasteiger partial charge in [-0.25, -0.2) is 9.07 Å². The molecule has 2 saturated heterocycles. The summed E-state index contributed by atoms with van der Waals surface area (Å²) in [6.07, 6.45) is -0.734. The van der Waals surface area contributed by atoms with Crippen molar-refractivity contribution in [3.8, 4) is 0 Å². The normalized spacial score (nSPS) is 32.5. The molecule has 3 fully saturated rings. The second kappa shape index (κ2) is 6.42. The molecular formula is C21H23F4N5. The lowest BCUT2D eigenvalue weighted by atomic mass is 9.82. The number of alkyl halides is 3. The Hall–Kier alpha value is -2.16. The first kappa shape index (κ1) is 18.6. The van der Waals surface area contributed by atoms with E-state index in [1.165, 1.54) is 12.5 Å². The highest BCUT2D eigenvalue weighted by molar-refractivity contribution is 5.49. The third kappa shape index (κ3) is 2.77. The van der Waals surface area contributed by atoms with E-state index < -0.39 is 17.6 Å². The van der Waals surface area contributed by atoms with Gasteiger partial charge in [-0.15, -0.1) is 5.10 Å². The smallest absolute Gasteiger partial charge is 0.329 e. The van der Waals surface area contributed by atoms with Gasteiger partial charge in [0.1, 0.15) is 11.6 Å². The van der Waals surface area contributed by atoms with Crippen molar-refractivity contribution in [1.82, 2.24) is 20.1 Å². The summed E-state index contributed by atoms with van der Waals surface area (Å²) >= 11 is 0. The van der Waals surface area contributed by atoms with Crippen molar-refractivity contribution < 1.29 is 17.6 Å². The zero-order valence-corrected chi connectivity index (χ0v) is 16.4. The number of aromatic nitrogens is 3.